The maximum Gasteiger partial charge on any atom is 0.0542 e. The Bertz CT molecular complexity index is 410. The van der Waals surface area contributed by atoms with Crippen LogP contribution in [0.1, 0.15) is 44.2 Å². The van der Waals surface area contributed by atoms with Gasteiger partial charge in [0.05, 0.1) is 6.04 Å². The van der Waals surface area contributed by atoms with Crippen LogP contribution < -0.4 is 11.1 Å². The third-order valence-corrected chi connectivity index (χ3v) is 4.50. The van der Waals surface area contributed by atoms with Gasteiger partial charge in [0, 0.05) is 29.2 Å². The summed E-state index contributed by atoms with van der Waals surface area (Å²) < 4.78 is 0. The molecule has 3 N–H and O–H groups in total. The number of aromatic nitrogens is 1. The minimum Gasteiger partial charge on any atom is -0.398 e. The summed E-state index contributed by atoms with van der Waals surface area (Å²) in [7, 11) is 4.37. The first-order valence-electron chi connectivity index (χ1n) is 7.22. The summed E-state index contributed by atoms with van der Waals surface area (Å²) in [6, 6.07) is 2.15. The van der Waals surface area contributed by atoms with Gasteiger partial charge in [-0.05, 0) is 39.5 Å². The van der Waals surface area contributed by atoms with Crippen molar-refractivity contribution in [3.05, 3.63) is 24.0 Å². The summed E-state index contributed by atoms with van der Waals surface area (Å²) in [4.78, 5) is 6.65. The summed E-state index contributed by atoms with van der Waals surface area (Å²) in [6.45, 7) is 3.09. The molecule has 1 aliphatic carbocycles. The number of anilines is 1. The molecular weight excluding hydrogens is 236 g/mol. The van der Waals surface area contributed by atoms with E-state index in [9.17, 15) is 0 Å². The number of rotatable bonds is 5. The zero-order valence-corrected chi connectivity index (χ0v) is 12.3. The molecule has 0 radical (unpaired) electrons. The molecule has 1 aliphatic rings. The van der Waals surface area contributed by atoms with Crippen LogP contribution in [-0.4, -0.2) is 36.1 Å². The van der Waals surface area contributed by atoms with Crippen LogP contribution in [0.5, 0.6) is 0 Å². The molecule has 1 aromatic rings. The van der Waals surface area contributed by atoms with Gasteiger partial charge in [-0.1, -0.05) is 19.8 Å². The highest BCUT2D eigenvalue weighted by Gasteiger charge is 2.44. The number of nitrogens with zero attached hydrogens (tertiary/aromatic N) is 2. The van der Waals surface area contributed by atoms with E-state index < -0.39 is 0 Å². The van der Waals surface area contributed by atoms with Crippen LogP contribution in [0, 0.1) is 0 Å². The summed E-state index contributed by atoms with van der Waals surface area (Å²) >= 11 is 0. The Balaban J connectivity index is 2.41. The molecule has 0 aliphatic heterocycles. The van der Waals surface area contributed by atoms with Gasteiger partial charge in [0.2, 0.25) is 0 Å². The molecule has 2 rings (SSSR count). The first-order chi connectivity index (χ1) is 9.12. The lowest BCUT2D eigenvalue weighted by molar-refractivity contribution is 0.105. The number of nitrogen functional groups attached to an aromatic ring is 1. The maximum absolute atomic E-state index is 6.18. The van der Waals surface area contributed by atoms with Gasteiger partial charge in [0.25, 0.3) is 0 Å². The van der Waals surface area contributed by atoms with Crippen LogP contribution in [0.15, 0.2) is 18.5 Å². The second-order valence-electron chi connectivity index (χ2n) is 5.70. The lowest BCUT2D eigenvalue weighted by Gasteiger charge is -2.44. The van der Waals surface area contributed by atoms with Gasteiger partial charge in [-0.25, -0.2) is 0 Å². The van der Waals surface area contributed by atoms with Crippen LogP contribution in [0.3, 0.4) is 0 Å². The van der Waals surface area contributed by atoms with E-state index in [2.05, 4.69) is 36.2 Å². The molecule has 1 fully saturated rings. The Hall–Kier alpha value is -1.13. The Morgan fingerprint density at radius 2 is 2.11 bits per heavy atom. The SMILES string of the molecule is CCNC(c1cnccc1N)C1(N(C)C)CCCC1. The van der Waals surface area contributed by atoms with Gasteiger partial charge in [-0.15, -0.1) is 0 Å². The quantitative estimate of drug-likeness (QED) is 0.854. The molecular formula is C15H26N4. The van der Waals surface area contributed by atoms with Crippen molar-refractivity contribution in [2.24, 2.45) is 0 Å². The summed E-state index contributed by atoms with van der Waals surface area (Å²) in [5, 5.41) is 3.64. The van der Waals surface area contributed by atoms with E-state index in [0.717, 1.165) is 17.8 Å². The van der Waals surface area contributed by atoms with Crippen molar-refractivity contribution in [3.63, 3.8) is 0 Å². The molecule has 4 heteroatoms. The molecule has 0 spiro atoms. The van der Waals surface area contributed by atoms with Gasteiger partial charge < -0.3 is 16.0 Å². The van der Waals surface area contributed by atoms with Gasteiger partial charge in [-0.3, -0.25) is 4.98 Å². The number of hydrogen-bond donors (Lipinski definition) is 2. The number of pyridine rings is 1. The maximum atomic E-state index is 6.18. The smallest absolute Gasteiger partial charge is 0.0542 e. The number of nitrogens with two attached hydrogens (primary N) is 1. The second-order valence-corrected chi connectivity index (χ2v) is 5.70. The molecule has 19 heavy (non-hydrogen) atoms. The molecule has 4 nitrogen and oxygen atoms in total. The molecule has 1 heterocycles. The third-order valence-electron chi connectivity index (χ3n) is 4.50. The van der Waals surface area contributed by atoms with Crippen LogP contribution >= 0.6 is 0 Å². The minimum absolute atomic E-state index is 0.160. The second kappa shape index (κ2) is 5.88. The monoisotopic (exact) mass is 262 g/mol. The van der Waals surface area contributed by atoms with E-state index in [4.69, 9.17) is 5.73 Å². The van der Waals surface area contributed by atoms with Crippen molar-refractivity contribution in [2.75, 3.05) is 26.4 Å². The minimum atomic E-state index is 0.160. The third kappa shape index (κ3) is 2.60. The van der Waals surface area contributed by atoms with Crippen LogP contribution in [-0.2, 0) is 0 Å². The van der Waals surface area contributed by atoms with E-state index >= 15 is 0 Å². The predicted octanol–water partition coefficient (Wildman–Crippen LogP) is 2.19. The van der Waals surface area contributed by atoms with E-state index in [-0.39, 0.29) is 11.6 Å². The average molecular weight is 262 g/mol. The molecule has 0 amide bonds. The Morgan fingerprint density at radius 1 is 1.42 bits per heavy atom. The largest absolute Gasteiger partial charge is 0.398 e. The first kappa shape index (κ1) is 14.3. The van der Waals surface area contributed by atoms with Crippen LogP contribution in [0.25, 0.3) is 0 Å². The van der Waals surface area contributed by atoms with Crippen LogP contribution in [0.4, 0.5) is 5.69 Å². The molecule has 1 unspecified atom stereocenters. The van der Waals surface area contributed by atoms with E-state index in [0.29, 0.717) is 0 Å². The topological polar surface area (TPSA) is 54.2 Å². The van der Waals surface area contributed by atoms with Gasteiger partial charge >= 0.3 is 0 Å². The fraction of sp³-hybridized carbons (Fsp3) is 0.667. The van der Waals surface area contributed by atoms with E-state index in [1.54, 1.807) is 6.20 Å². The lowest BCUT2D eigenvalue weighted by atomic mass is 9.82. The molecule has 1 atom stereocenters. The Labute approximate surface area is 116 Å². The van der Waals surface area contributed by atoms with Crippen molar-refractivity contribution >= 4 is 5.69 Å². The van der Waals surface area contributed by atoms with Crippen molar-refractivity contribution in [1.29, 1.82) is 0 Å². The molecule has 106 valence electrons. The Morgan fingerprint density at radius 3 is 2.63 bits per heavy atom. The van der Waals surface area contributed by atoms with Gasteiger partial charge in [0.1, 0.15) is 0 Å². The van der Waals surface area contributed by atoms with Gasteiger partial charge in [0.15, 0.2) is 0 Å². The summed E-state index contributed by atoms with van der Waals surface area (Å²) in [5.41, 5.74) is 8.32. The van der Waals surface area contributed by atoms with E-state index in [1.165, 1.54) is 25.7 Å². The van der Waals surface area contributed by atoms with Crippen molar-refractivity contribution in [1.82, 2.24) is 15.2 Å². The molecule has 1 saturated carbocycles. The Kier molecular flexibility index (Phi) is 4.42. The predicted molar refractivity (Wildman–Crippen MR) is 80.0 cm³/mol. The molecule has 0 bridgehead atoms. The van der Waals surface area contributed by atoms with Crippen molar-refractivity contribution in [2.45, 2.75) is 44.2 Å². The van der Waals surface area contributed by atoms with E-state index in [1.807, 2.05) is 12.3 Å². The molecule has 0 saturated heterocycles. The molecule has 1 aromatic heterocycles. The number of likely N-dealkylation sites (N-methyl/N-ethyl adjacent to an activating group) is 2. The normalized spacial score (nSPS) is 19.8. The molecule has 0 aromatic carbocycles. The highest BCUT2D eigenvalue weighted by atomic mass is 15.2. The van der Waals surface area contributed by atoms with Crippen LogP contribution in [0.2, 0.25) is 0 Å². The average Bonchev–Trinajstić information content (AvgIpc) is 2.87. The van der Waals surface area contributed by atoms with Crippen molar-refractivity contribution < 1.29 is 0 Å². The number of nitrogens with one attached hydrogen (secondary N) is 1. The van der Waals surface area contributed by atoms with Gasteiger partial charge in [-0.2, -0.15) is 0 Å². The summed E-state index contributed by atoms with van der Waals surface area (Å²) in [6.07, 6.45) is 8.70. The highest BCUT2D eigenvalue weighted by molar-refractivity contribution is 5.47. The van der Waals surface area contributed by atoms with Crippen molar-refractivity contribution in [3.8, 4) is 0 Å². The number of hydrogen-bond acceptors (Lipinski definition) is 4. The fourth-order valence-electron chi connectivity index (χ4n) is 3.43. The standard InChI is InChI=1S/C15H26N4/c1-4-18-14(12-11-17-10-7-13(12)16)15(19(2)3)8-5-6-9-15/h7,10-11,14,18H,4-6,8-9H2,1-3H3,(H2,16,17). The zero-order chi connectivity index (χ0) is 13.9. The lowest BCUT2D eigenvalue weighted by Crippen LogP contribution is -2.52. The zero-order valence-electron chi connectivity index (χ0n) is 12.3. The summed E-state index contributed by atoms with van der Waals surface area (Å²) in [5.74, 6) is 0. The highest BCUT2D eigenvalue weighted by Crippen LogP contribution is 2.44. The fourth-order valence-corrected chi connectivity index (χ4v) is 3.43. The first-order valence-corrected chi connectivity index (χ1v) is 7.22.